The Morgan fingerprint density at radius 1 is 1.10 bits per heavy atom. The van der Waals surface area contributed by atoms with Crippen LogP contribution in [0, 0.1) is 5.41 Å². The van der Waals surface area contributed by atoms with Gasteiger partial charge in [-0.3, -0.25) is 4.79 Å². The molecule has 0 radical (unpaired) electrons. The highest BCUT2D eigenvalue weighted by Crippen LogP contribution is 2.45. The normalized spacial score (nSPS) is 18.5. The molecule has 1 heterocycles. The lowest BCUT2D eigenvalue weighted by Gasteiger charge is -2.34. The van der Waals surface area contributed by atoms with Crippen LogP contribution in [0.15, 0.2) is 48.5 Å². The lowest BCUT2D eigenvalue weighted by atomic mass is 10.0. The summed E-state index contributed by atoms with van der Waals surface area (Å²) in [4.78, 5) is 15.0. The van der Waals surface area contributed by atoms with Gasteiger partial charge in [-0.15, -0.1) is 0 Å². The molecule has 2 aromatic rings. The van der Waals surface area contributed by atoms with Crippen molar-refractivity contribution in [3.63, 3.8) is 0 Å². The van der Waals surface area contributed by atoms with Gasteiger partial charge >= 0.3 is 0 Å². The second kappa shape index (κ2) is 8.87. The molecule has 2 aliphatic rings. The van der Waals surface area contributed by atoms with Crippen molar-refractivity contribution in [2.45, 2.75) is 46.1 Å². The molecule has 1 amide bonds. The molecular weight excluding hydrogens is 360 g/mol. The summed E-state index contributed by atoms with van der Waals surface area (Å²) in [5.74, 6) is -0.147. The van der Waals surface area contributed by atoms with Gasteiger partial charge in [-0.05, 0) is 67.5 Å². The number of para-hydroxylation sites is 2. The van der Waals surface area contributed by atoms with Crippen LogP contribution in [0.25, 0.3) is 0 Å². The van der Waals surface area contributed by atoms with Gasteiger partial charge in [-0.2, -0.15) is 0 Å². The minimum atomic E-state index is -0.147. The maximum atomic E-state index is 12.4. The van der Waals surface area contributed by atoms with Crippen molar-refractivity contribution in [3.8, 4) is 0 Å². The van der Waals surface area contributed by atoms with Crippen molar-refractivity contribution in [2.75, 3.05) is 36.0 Å². The number of nitrogens with zero attached hydrogens (tertiary/aromatic N) is 1. The highest BCUT2D eigenvalue weighted by Gasteiger charge is 2.39. The van der Waals surface area contributed by atoms with Crippen molar-refractivity contribution in [1.29, 1.82) is 0 Å². The minimum Gasteiger partial charge on any atom is -0.397 e. The van der Waals surface area contributed by atoms with Crippen LogP contribution in [0.5, 0.6) is 0 Å². The number of benzene rings is 2. The molecule has 0 unspecified atom stereocenters. The number of rotatable bonds is 6. The molecule has 0 bridgehead atoms. The molecule has 1 saturated heterocycles. The van der Waals surface area contributed by atoms with Gasteiger partial charge in [-0.1, -0.05) is 26.5 Å². The van der Waals surface area contributed by atoms with Gasteiger partial charge in [0.1, 0.15) is 0 Å². The Bertz CT molecular complexity index is 821. The number of piperidine rings is 1. The zero-order valence-corrected chi connectivity index (χ0v) is 16.6. The minimum absolute atomic E-state index is 0. The fourth-order valence-corrected chi connectivity index (χ4v) is 3.91. The summed E-state index contributed by atoms with van der Waals surface area (Å²) in [5, 5.41) is 6.49. The summed E-state index contributed by atoms with van der Waals surface area (Å²) >= 11 is 0. The third kappa shape index (κ3) is 5.51. The van der Waals surface area contributed by atoms with Gasteiger partial charge in [0.2, 0.25) is 0 Å². The van der Waals surface area contributed by atoms with Gasteiger partial charge in [0.15, 0.2) is 0 Å². The molecule has 4 rings (SSSR count). The first kappa shape index (κ1) is 21.2. The number of hydrogen-bond acceptors (Lipinski definition) is 4. The van der Waals surface area contributed by atoms with E-state index in [1.807, 2.05) is 36.4 Å². The SMILES string of the molecule is C.CC1(CN2CCC(Nc3ccc(C(=O)Nc4ccccc4N)cc3)CC2)CC1. The van der Waals surface area contributed by atoms with E-state index in [9.17, 15) is 4.79 Å². The Balaban J connectivity index is 0.00000240. The molecule has 1 aliphatic heterocycles. The third-order valence-electron chi connectivity index (χ3n) is 6.02. The van der Waals surface area contributed by atoms with Gasteiger partial charge in [-0.25, -0.2) is 0 Å². The van der Waals surface area contributed by atoms with Crippen LogP contribution in [0.1, 0.15) is 50.4 Å². The Labute approximate surface area is 174 Å². The number of nitrogen functional groups attached to an aromatic ring is 1. The number of likely N-dealkylation sites (tertiary alicyclic amines) is 1. The number of hydrogen-bond donors (Lipinski definition) is 3. The lowest BCUT2D eigenvalue weighted by Crippen LogP contribution is -2.41. The first-order valence-electron chi connectivity index (χ1n) is 10.3. The largest absolute Gasteiger partial charge is 0.397 e. The molecule has 0 atom stereocenters. The molecule has 1 aliphatic carbocycles. The van der Waals surface area contributed by atoms with Crippen molar-refractivity contribution >= 4 is 23.0 Å². The van der Waals surface area contributed by atoms with Gasteiger partial charge in [0.25, 0.3) is 5.91 Å². The summed E-state index contributed by atoms with van der Waals surface area (Å²) in [6.07, 6.45) is 5.13. The molecule has 0 aromatic heterocycles. The Kier molecular flexibility index (Phi) is 6.48. The van der Waals surface area contributed by atoms with E-state index in [1.54, 1.807) is 12.1 Å². The predicted molar refractivity (Wildman–Crippen MR) is 122 cm³/mol. The Morgan fingerprint density at radius 2 is 1.76 bits per heavy atom. The molecule has 156 valence electrons. The molecule has 2 aromatic carbocycles. The van der Waals surface area contributed by atoms with Crippen LogP contribution >= 0.6 is 0 Å². The highest BCUT2D eigenvalue weighted by atomic mass is 16.1. The summed E-state index contributed by atoms with van der Waals surface area (Å²) < 4.78 is 0. The number of nitrogens with one attached hydrogen (secondary N) is 2. The topological polar surface area (TPSA) is 70.4 Å². The van der Waals surface area contributed by atoms with Crippen LogP contribution in [0.2, 0.25) is 0 Å². The third-order valence-corrected chi connectivity index (χ3v) is 6.02. The van der Waals surface area contributed by atoms with E-state index in [1.165, 1.54) is 45.3 Å². The van der Waals surface area contributed by atoms with Crippen LogP contribution < -0.4 is 16.4 Å². The standard InChI is InChI=1S/C23H30N4O.CH4/c1-23(12-13-23)16-27-14-10-19(11-15-27)25-18-8-6-17(7-9-18)22(28)26-21-5-3-2-4-20(21)24;/h2-9,19,25H,10-16,24H2,1H3,(H,26,28);1H4. The van der Waals surface area contributed by atoms with E-state index in [2.05, 4.69) is 22.5 Å². The summed E-state index contributed by atoms with van der Waals surface area (Å²) in [6.45, 7) is 6.01. The summed E-state index contributed by atoms with van der Waals surface area (Å²) in [6, 6.07) is 15.5. The summed E-state index contributed by atoms with van der Waals surface area (Å²) in [7, 11) is 0. The number of amides is 1. The first-order valence-corrected chi connectivity index (χ1v) is 10.3. The van der Waals surface area contributed by atoms with Crippen molar-refractivity contribution in [3.05, 3.63) is 54.1 Å². The monoisotopic (exact) mass is 394 g/mol. The zero-order valence-electron chi connectivity index (χ0n) is 16.6. The molecule has 29 heavy (non-hydrogen) atoms. The van der Waals surface area contributed by atoms with Crippen LogP contribution in [0.3, 0.4) is 0 Å². The lowest BCUT2D eigenvalue weighted by molar-refractivity contribution is 0.102. The van der Waals surface area contributed by atoms with Gasteiger partial charge in [0.05, 0.1) is 11.4 Å². The first-order chi connectivity index (χ1) is 13.5. The van der Waals surface area contributed by atoms with Crippen molar-refractivity contribution in [1.82, 2.24) is 4.90 Å². The molecule has 5 nitrogen and oxygen atoms in total. The van der Waals surface area contributed by atoms with Gasteiger partial charge < -0.3 is 21.3 Å². The zero-order chi connectivity index (χ0) is 19.6. The maximum absolute atomic E-state index is 12.4. The van der Waals surface area contributed by atoms with E-state index < -0.39 is 0 Å². The molecular formula is C24H34N4O. The van der Waals surface area contributed by atoms with E-state index in [0.717, 1.165) is 5.69 Å². The molecule has 5 heteroatoms. The van der Waals surface area contributed by atoms with E-state index in [-0.39, 0.29) is 13.3 Å². The Hall–Kier alpha value is -2.53. The van der Waals surface area contributed by atoms with Crippen LogP contribution in [-0.2, 0) is 0 Å². The molecule has 4 N–H and O–H groups in total. The molecule has 0 spiro atoms. The quantitative estimate of drug-likeness (QED) is 0.614. The molecule has 1 saturated carbocycles. The fourth-order valence-electron chi connectivity index (χ4n) is 3.91. The average Bonchev–Trinajstić information content (AvgIpc) is 3.42. The average molecular weight is 395 g/mol. The number of carbonyl (C=O) groups excluding carboxylic acids is 1. The van der Waals surface area contributed by atoms with Gasteiger partial charge in [0, 0.05) is 36.9 Å². The van der Waals surface area contributed by atoms with Crippen LogP contribution in [-0.4, -0.2) is 36.5 Å². The van der Waals surface area contributed by atoms with E-state index in [4.69, 9.17) is 5.73 Å². The van der Waals surface area contributed by atoms with Crippen LogP contribution in [0.4, 0.5) is 17.1 Å². The maximum Gasteiger partial charge on any atom is 0.255 e. The predicted octanol–water partition coefficient (Wildman–Crippen LogP) is 4.83. The van der Waals surface area contributed by atoms with E-state index >= 15 is 0 Å². The smallest absolute Gasteiger partial charge is 0.255 e. The van der Waals surface area contributed by atoms with Crippen molar-refractivity contribution < 1.29 is 4.79 Å². The van der Waals surface area contributed by atoms with Crippen molar-refractivity contribution in [2.24, 2.45) is 5.41 Å². The fraction of sp³-hybridized carbons (Fsp3) is 0.458. The highest BCUT2D eigenvalue weighted by molar-refractivity contribution is 6.05. The number of anilines is 3. The number of carbonyl (C=O) groups is 1. The number of nitrogens with two attached hydrogens (primary N) is 1. The second-order valence-corrected chi connectivity index (χ2v) is 8.62. The van der Waals surface area contributed by atoms with E-state index in [0.29, 0.717) is 28.4 Å². The Morgan fingerprint density at radius 3 is 2.38 bits per heavy atom. The molecule has 2 fully saturated rings. The second-order valence-electron chi connectivity index (χ2n) is 8.62. The summed E-state index contributed by atoms with van der Waals surface area (Å²) in [5.41, 5.74) is 9.40.